The summed E-state index contributed by atoms with van der Waals surface area (Å²) in [5.41, 5.74) is 0.745. The first-order chi connectivity index (χ1) is 7.57. The van der Waals surface area contributed by atoms with Gasteiger partial charge in [-0.25, -0.2) is 4.98 Å². The summed E-state index contributed by atoms with van der Waals surface area (Å²) in [5, 5.41) is 12.1. The Balaban J connectivity index is 2.41. The molecule has 1 N–H and O–H groups in total. The van der Waals surface area contributed by atoms with Crippen LogP contribution in [0.2, 0.25) is 0 Å². The van der Waals surface area contributed by atoms with Gasteiger partial charge in [-0.05, 0) is 19.4 Å². The monoisotopic (exact) mass is 219 g/mol. The standard InChI is InChI=1S/C12H17N3O/c1-12(2,8-13)9-14-6-10-4-5-11(16-3)15-7-10/h4-5,7,14H,6,9H2,1-3H3. The van der Waals surface area contributed by atoms with Crippen LogP contribution in [0.3, 0.4) is 0 Å². The summed E-state index contributed by atoms with van der Waals surface area (Å²) in [6.07, 6.45) is 1.77. The number of nitrogens with one attached hydrogen (secondary N) is 1. The molecule has 1 aromatic rings. The van der Waals surface area contributed by atoms with Crippen molar-refractivity contribution in [3.05, 3.63) is 23.9 Å². The molecule has 0 radical (unpaired) electrons. The van der Waals surface area contributed by atoms with Crippen LogP contribution in [-0.2, 0) is 6.54 Å². The normalized spacial score (nSPS) is 10.9. The highest BCUT2D eigenvalue weighted by atomic mass is 16.5. The molecule has 0 aliphatic heterocycles. The highest BCUT2D eigenvalue weighted by Gasteiger charge is 2.15. The van der Waals surface area contributed by atoms with Crippen molar-refractivity contribution in [3.63, 3.8) is 0 Å². The second-order valence-electron chi connectivity index (χ2n) is 4.31. The molecule has 1 rings (SSSR count). The van der Waals surface area contributed by atoms with Gasteiger partial charge >= 0.3 is 0 Å². The Morgan fingerprint density at radius 3 is 2.75 bits per heavy atom. The van der Waals surface area contributed by atoms with Gasteiger partial charge in [-0.3, -0.25) is 0 Å². The Morgan fingerprint density at radius 1 is 1.50 bits per heavy atom. The van der Waals surface area contributed by atoms with E-state index in [1.54, 1.807) is 13.3 Å². The van der Waals surface area contributed by atoms with Gasteiger partial charge in [-0.2, -0.15) is 5.26 Å². The molecular weight excluding hydrogens is 202 g/mol. The molecule has 0 fully saturated rings. The van der Waals surface area contributed by atoms with Crippen LogP contribution in [0.1, 0.15) is 19.4 Å². The molecule has 0 unspecified atom stereocenters. The first-order valence-corrected chi connectivity index (χ1v) is 5.18. The van der Waals surface area contributed by atoms with Crippen LogP contribution in [0.5, 0.6) is 5.88 Å². The molecule has 0 aliphatic rings. The smallest absolute Gasteiger partial charge is 0.212 e. The molecule has 86 valence electrons. The molecule has 0 atom stereocenters. The second-order valence-corrected chi connectivity index (χ2v) is 4.31. The fourth-order valence-electron chi connectivity index (χ4n) is 1.20. The van der Waals surface area contributed by atoms with E-state index in [4.69, 9.17) is 10.00 Å². The summed E-state index contributed by atoms with van der Waals surface area (Å²) in [6, 6.07) is 6.03. The molecule has 0 saturated heterocycles. The van der Waals surface area contributed by atoms with Crippen molar-refractivity contribution in [2.75, 3.05) is 13.7 Å². The lowest BCUT2D eigenvalue weighted by Gasteiger charge is -2.15. The number of rotatable bonds is 5. The quantitative estimate of drug-likeness (QED) is 0.819. The van der Waals surface area contributed by atoms with E-state index in [0.29, 0.717) is 19.0 Å². The van der Waals surface area contributed by atoms with E-state index in [9.17, 15) is 0 Å². The number of pyridine rings is 1. The minimum Gasteiger partial charge on any atom is -0.481 e. The molecule has 0 aliphatic carbocycles. The zero-order chi connectivity index (χ0) is 12.0. The van der Waals surface area contributed by atoms with Gasteiger partial charge in [-0.15, -0.1) is 0 Å². The summed E-state index contributed by atoms with van der Waals surface area (Å²) < 4.78 is 4.97. The molecule has 0 bridgehead atoms. The van der Waals surface area contributed by atoms with Crippen LogP contribution in [0, 0.1) is 16.7 Å². The van der Waals surface area contributed by atoms with Crippen molar-refractivity contribution >= 4 is 0 Å². The molecular formula is C12H17N3O. The molecule has 16 heavy (non-hydrogen) atoms. The molecule has 1 heterocycles. The summed E-state index contributed by atoms with van der Waals surface area (Å²) in [6.45, 7) is 5.19. The minimum absolute atomic E-state index is 0.333. The average molecular weight is 219 g/mol. The van der Waals surface area contributed by atoms with Crippen LogP contribution in [0.4, 0.5) is 0 Å². The van der Waals surface area contributed by atoms with Crippen molar-refractivity contribution < 1.29 is 4.74 Å². The average Bonchev–Trinajstić information content (AvgIpc) is 2.30. The zero-order valence-corrected chi connectivity index (χ0v) is 9.95. The Kier molecular flexibility index (Phi) is 4.27. The third-order valence-corrected chi connectivity index (χ3v) is 2.21. The minimum atomic E-state index is -0.333. The molecule has 0 spiro atoms. The number of nitrogens with zero attached hydrogens (tertiary/aromatic N) is 2. The van der Waals surface area contributed by atoms with E-state index in [0.717, 1.165) is 5.56 Å². The largest absolute Gasteiger partial charge is 0.481 e. The van der Waals surface area contributed by atoms with Gasteiger partial charge < -0.3 is 10.1 Å². The Bertz CT molecular complexity index is 365. The van der Waals surface area contributed by atoms with Gasteiger partial charge in [-0.1, -0.05) is 6.07 Å². The Labute approximate surface area is 96.3 Å². The molecule has 0 amide bonds. The number of aromatic nitrogens is 1. The molecule has 4 heteroatoms. The lowest BCUT2D eigenvalue weighted by Crippen LogP contribution is -2.27. The summed E-state index contributed by atoms with van der Waals surface area (Å²) in [7, 11) is 1.59. The number of ether oxygens (including phenoxy) is 1. The third kappa shape index (κ3) is 3.87. The maximum atomic E-state index is 8.84. The van der Waals surface area contributed by atoms with Gasteiger partial charge in [0.25, 0.3) is 0 Å². The first kappa shape index (κ1) is 12.5. The topological polar surface area (TPSA) is 57.9 Å². The van der Waals surface area contributed by atoms with Crippen LogP contribution in [-0.4, -0.2) is 18.6 Å². The maximum Gasteiger partial charge on any atom is 0.212 e. The lowest BCUT2D eigenvalue weighted by atomic mass is 9.96. The fraction of sp³-hybridized carbons (Fsp3) is 0.500. The third-order valence-electron chi connectivity index (χ3n) is 2.21. The van der Waals surface area contributed by atoms with E-state index in [1.165, 1.54) is 0 Å². The van der Waals surface area contributed by atoms with Gasteiger partial charge in [0, 0.05) is 25.4 Å². The van der Waals surface area contributed by atoms with Crippen molar-refractivity contribution in [1.82, 2.24) is 10.3 Å². The van der Waals surface area contributed by atoms with E-state index in [2.05, 4.69) is 16.4 Å². The van der Waals surface area contributed by atoms with Crippen LogP contribution in [0.15, 0.2) is 18.3 Å². The number of hydrogen-bond donors (Lipinski definition) is 1. The molecule has 1 aromatic heterocycles. The first-order valence-electron chi connectivity index (χ1n) is 5.18. The van der Waals surface area contributed by atoms with Crippen LogP contribution in [0.25, 0.3) is 0 Å². The van der Waals surface area contributed by atoms with Crippen molar-refractivity contribution in [1.29, 1.82) is 5.26 Å². The number of nitriles is 1. The van der Waals surface area contributed by atoms with Crippen LogP contribution >= 0.6 is 0 Å². The molecule has 0 aromatic carbocycles. The van der Waals surface area contributed by atoms with E-state index in [-0.39, 0.29) is 5.41 Å². The van der Waals surface area contributed by atoms with Gasteiger partial charge in [0.05, 0.1) is 18.6 Å². The number of methoxy groups -OCH3 is 1. The Morgan fingerprint density at radius 2 is 2.25 bits per heavy atom. The summed E-state index contributed by atoms with van der Waals surface area (Å²) in [5.74, 6) is 0.612. The number of hydrogen-bond acceptors (Lipinski definition) is 4. The lowest BCUT2D eigenvalue weighted by molar-refractivity contribution is 0.397. The van der Waals surface area contributed by atoms with Crippen molar-refractivity contribution in [2.24, 2.45) is 5.41 Å². The molecule has 4 nitrogen and oxygen atoms in total. The Hall–Kier alpha value is -1.60. The van der Waals surface area contributed by atoms with E-state index >= 15 is 0 Å². The predicted molar refractivity (Wildman–Crippen MR) is 61.9 cm³/mol. The zero-order valence-electron chi connectivity index (χ0n) is 9.95. The highest BCUT2D eigenvalue weighted by Crippen LogP contribution is 2.11. The molecule has 0 saturated carbocycles. The van der Waals surface area contributed by atoms with E-state index < -0.39 is 0 Å². The van der Waals surface area contributed by atoms with Crippen LogP contribution < -0.4 is 10.1 Å². The van der Waals surface area contributed by atoms with Gasteiger partial charge in [0.1, 0.15) is 0 Å². The second kappa shape index (κ2) is 5.47. The SMILES string of the molecule is COc1ccc(CNCC(C)(C)C#N)cn1. The maximum absolute atomic E-state index is 8.84. The van der Waals surface area contributed by atoms with E-state index in [1.807, 2.05) is 26.0 Å². The summed E-state index contributed by atoms with van der Waals surface area (Å²) >= 11 is 0. The fourth-order valence-corrected chi connectivity index (χ4v) is 1.20. The highest BCUT2D eigenvalue weighted by molar-refractivity contribution is 5.17. The van der Waals surface area contributed by atoms with Crippen molar-refractivity contribution in [2.45, 2.75) is 20.4 Å². The predicted octanol–water partition coefficient (Wildman–Crippen LogP) is 1.73. The van der Waals surface area contributed by atoms with Gasteiger partial charge in [0.15, 0.2) is 0 Å². The summed E-state index contributed by atoms with van der Waals surface area (Å²) in [4.78, 5) is 4.11. The van der Waals surface area contributed by atoms with Gasteiger partial charge in [0.2, 0.25) is 5.88 Å². The van der Waals surface area contributed by atoms with Crippen molar-refractivity contribution in [3.8, 4) is 11.9 Å².